The molecule has 1 atom stereocenters. The van der Waals surface area contributed by atoms with Crippen LogP contribution in [0.1, 0.15) is 54.1 Å². The van der Waals surface area contributed by atoms with Gasteiger partial charge in [0.25, 0.3) is 0 Å². The molecular formula is C26H34N4O2. The molecule has 0 bridgehead atoms. The summed E-state index contributed by atoms with van der Waals surface area (Å²) < 4.78 is 0. The largest absolute Gasteiger partial charge is 0.369 e. The van der Waals surface area contributed by atoms with Crippen LogP contribution in [0.5, 0.6) is 0 Å². The first kappa shape index (κ1) is 22.5. The molecule has 4 rings (SSSR count). The lowest BCUT2D eigenvalue weighted by Gasteiger charge is -2.35. The van der Waals surface area contributed by atoms with Crippen molar-refractivity contribution in [1.29, 1.82) is 0 Å². The predicted molar refractivity (Wildman–Crippen MR) is 125 cm³/mol. The topological polar surface area (TPSA) is 79.5 Å². The standard InChI is InChI=1S/C26H34N4O2/c1-19-14-21(15-20-6-3-2-4-7-20)16-24(28-19)23-8-5-11-29(17-23)18-25(31)30-12-9-22(10-13-30)26(27)32/h2-4,6-7,14,16,22-23H,5,8-13,15,17-18H2,1H3,(H2,27,32)/t23-/m0/s1. The van der Waals surface area contributed by atoms with E-state index in [1.165, 1.54) is 11.1 Å². The Morgan fingerprint density at radius 2 is 1.78 bits per heavy atom. The number of piperidine rings is 2. The first-order chi connectivity index (χ1) is 15.5. The summed E-state index contributed by atoms with van der Waals surface area (Å²) in [6.45, 7) is 5.59. The van der Waals surface area contributed by atoms with Crippen molar-refractivity contribution in [2.45, 2.75) is 44.9 Å². The van der Waals surface area contributed by atoms with Crippen molar-refractivity contribution in [1.82, 2.24) is 14.8 Å². The van der Waals surface area contributed by atoms with E-state index in [9.17, 15) is 9.59 Å². The number of carbonyl (C=O) groups is 2. The lowest BCUT2D eigenvalue weighted by atomic mass is 9.92. The van der Waals surface area contributed by atoms with Crippen molar-refractivity contribution >= 4 is 11.8 Å². The quantitative estimate of drug-likeness (QED) is 0.758. The van der Waals surface area contributed by atoms with Crippen molar-refractivity contribution in [3.8, 4) is 0 Å². The zero-order chi connectivity index (χ0) is 22.5. The number of nitrogens with two attached hydrogens (primary N) is 1. The Bertz CT molecular complexity index is 938. The summed E-state index contributed by atoms with van der Waals surface area (Å²) in [5, 5.41) is 0. The summed E-state index contributed by atoms with van der Waals surface area (Å²) in [6.07, 6.45) is 4.46. The number of benzene rings is 1. The maximum absolute atomic E-state index is 12.8. The van der Waals surface area contributed by atoms with Gasteiger partial charge in [-0.3, -0.25) is 19.5 Å². The van der Waals surface area contributed by atoms with Crippen LogP contribution in [-0.2, 0) is 16.0 Å². The minimum atomic E-state index is -0.242. The molecule has 0 aliphatic carbocycles. The van der Waals surface area contributed by atoms with Crippen LogP contribution in [0.15, 0.2) is 42.5 Å². The Kier molecular flexibility index (Phi) is 7.20. The number of carbonyl (C=O) groups excluding carboxylic acids is 2. The van der Waals surface area contributed by atoms with Crippen LogP contribution in [0, 0.1) is 12.8 Å². The number of nitrogens with zero attached hydrogens (tertiary/aromatic N) is 3. The van der Waals surface area contributed by atoms with Gasteiger partial charge in [-0.15, -0.1) is 0 Å². The number of primary amides is 1. The van der Waals surface area contributed by atoms with Crippen LogP contribution in [0.3, 0.4) is 0 Å². The van der Waals surface area contributed by atoms with Crippen molar-refractivity contribution in [2.75, 3.05) is 32.7 Å². The van der Waals surface area contributed by atoms with Gasteiger partial charge in [0.05, 0.1) is 6.54 Å². The van der Waals surface area contributed by atoms with E-state index < -0.39 is 0 Å². The van der Waals surface area contributed by atoms with Gasteiger partial charge >= 0.3 is 0 Å². The zero-order valence-corrected chi connectivity index (χ0v) is 19.0. The molecule has 2 aliphatic heterocycles. The van der Waals surface area contributed by atoms with Gasteiger partial charge in [0.2, 0.25) is 11.8 Å². The van der Waals surface area contributed by atoms with Crippen LogP contribution >= 0.6 is 0 Å². The molecule has 0 spiro atoms. The number of aryl methyl sites for hydroxylation is 1. The molecule has 2 saturated heterocycles. The third kappa shape index (κ3) is 5.74. The summed E-state index contributed by atoms with van der Waals surface area (Å²) in [4.78, 5) is 33.3. The summed E-state index contributed by atoms with van der Waals surface area (Å²) in [5.41, 5.74) is 10.2. The second-order valence-corrected chi connectivity index (χ2v) is 9.34. The van der Waals surface area contributed by atoms with Crippen molar-refractivity contribution < 1.29 is 9.59 Å². The summed E-state index contributed by atoms with van der Waals surface area (Å²) >= 11 is 0. The Morgan fingerprint density at radius 3 is 2.50 bits per heavy atom. The molecule has 1 aromatic carbocycles. The normalized spacial score (nSPS) is 20.3. The third-order valence-electron chi connectivity index (χ3n) is 6.82. The molecule has 6 nitrogen and oxygen atoms in total. The molecular weight excluding hydrogens is 400 g/mol. The highest BCUT2D eigenvalue weighted by Crippen LogP contribution is 2.27. The highest BCUT2D eigenvalue weighted by Gasteiger charge is 2.29. The van der Waals surface area contributed by atoms with E-state index >= 15 is 0 Å². The van der Waals surface area contributed by atoms with Crippen LogP contribution in [0.2, 0.25) is 0 Å². The predicted octanol–water partition coefficient (Wildman–Crippen LogP) is 2.88. The molecule has 2 fully saturated rings. The molecule has 32 heavy (non-hydrogen) atoms. The van der Waals surface area contributed by atoms with Crippen molar-refractivity contribution in [3.63, 3.8) is 0 Å². The van der Waals surface area contributed by atoms with E-state index in [4.69, 9.17) is 10.7 Å². The Labute approximate surface area is 190 Å². The lowest BCUT2D eigenvalue weighted by Crippen LogP contribution is -2.47. The molecule has 1 aromatic heterocycles. The summed E-state index contributed by atoms with van der Waals surface area (Å²) in [7, 11) is 0. The fourth-order valence-electron chi connectivity index (χ4n) is 5.06. The summed E-state index contributed by atoms with van der Waals surface area (Å²) in [5.74, 6) is 0.186. The SMILES string of the molecule is Cc1cc(Cc2ccccc2)cc([C@H]2CCCN(CC(=O)N3CCC(C(N)=O)CC3)C2)n1. The van der Waals surface area contributed by atoms with Gasteiger partial charge in [0, 0.05) is 42.9 Å². The van der Waals surface area contributed by atoms with Gasteiger partial charge < -0.3 is 10.6 Å². The van der Waals surface area contributed by atoms with E-state index in [-0.39, 0.29) is 17.7 Å². The minimum Gasteiger partial charge on any atom is -0.369 e. The highest BCUT2D eigenvalue weighted by molar-refractivity contribution is 5.80. The van der Waals surface area contributed by atoms with Gasteiger partial charge in [-0.05, 0) is 68.8 Å². The van der Waals surface area contributed by atoms with Crippen LogP contribution in [0.4, 0.5) is 0 Å². The molecule has 6 heteroatoms. The number of rotatable bonds is 6. The van der Waals surface area contributed by atoms with Crippen molar-refractivity contribution in [2.24, 2.45) is 11.7 Å². The first-order valence-corrected chi connectivity index (χ1v) is 11.8. The molecule has 2 aliphatic rings. The van der Waals surface area contributed by atoms with E-state index in [0.717, 1.165) is 43.7 Å². The second-order valence-electron chi connectivity index (χ2n) is 9.34. The molecule has 170 valence electrons. The maximum atomic E-state index is 12.8. The van der Waals surface area contributed by atoms with E-state index in [1.54, 1.807) is 0 Å². The average Bonchev–Trinajstić information content (AvgIpc) is 2.79. The third-order valence-corrected chi connectivity index (χ3v) is 6.82. The molecule has 2 aromatic rings. The van der Waals surface area contributed by atoms with Crippen LogP contribution in [-0.4, -0.2) is 59.3 Å². The summed E-state index contributed by atoms with van der Waals surface area (Å²) in [6, 6.07) is 15.0. The van der Waals surface area contributed by atoms with Gasteiger partial charge in [-0.2, -0.15) is 0 Å². The van der Waals surface area contributed by atoms with E-state index in [0.29, 0.717) is 38.4 Å². The highest BCUT2D eigenvalue weighted by atomic mass is 16.2. The molecule has 0 unspecified atom stereocenters. The first-order valence-electron chi connectivity index (χ1n) is 11.8. The molecule has 0 saturated carbocycles. The van der Waals surface area contributed by atoms with Gasteiger partial charge in [-0.25, -0.2) is 0 Å². The fraction of sp³-hybridized carbons (Fsp3) is 0.500. The maximum Gasteiger partial charge on any atom is 0.236 e. The molecule has 2 amide bonds. The molecule has 2 N–H and O–H groups in total. The monoisotopic (exact) mass is 434 g/mol. The number of likely N-dealkylation sites (tertiary alicyclic amines) is 2. The van der Waals surface area contributed by atoms with Crippen LogP contribution < -0.4 is 5.73 Å². The zero-order valence-electron chi connectivity index (χ0n) is 19.0. The van der Waals surface area contributed by atoms with E-state index in [1.807, 2.05) is 11.0 Å². The van der Waals surface area contributed by atoms with Crippen LogP contribution in [0.25, 0.3) is 0 Å². The average molecular weight is 435 g/mol. The number of hydrogen-bond donors (Lipinski definition) is 1. The minimum absolute atomic E-state index is 0.0871. The Balaban J connectivity index is 1.36. The number of amides is 2. The van der Waals surface area contributed by atoms with Gasteiger partial charge in [-0.1, -0.05) is 30.3 Å². The Hall–Kier alpha value is -2.73. The number of aromatic nitrogens is 1. The molecule has 0 radical (unpaired) electrons. The number of hydrogen-bond acceptors (Lipinski definition) is 4. The number of pyridine rings is 1. The van der Waals surface area contributed by atoms with E-state index in [2.05, 4.69) is 48.2 Å². The Morgan fingerprint density at radius 1 is 1.03 bits per heavy atom. The van der Waals surface area contributed by atoms with Gasteiger partial charge in [0.1, 0.15) is 0 Å². The second kappa shape index (κ2) is 10.3. The smallest absolute Gasteiger partial charge is 0.236 e. The molecule has 3 heterocycles. The lowest BCUT2D eigenvalue weighted by molar-refractivity contribution is -0.136. The van der Waals surface area contributed by atoms with Crippen molar-refractivity contribution in [3.05, 3.63) is 65.0 Å². The fourth-order valence-corrected chi connectivity index (χ4v) is 5.06. The van der Waals surface area contributed by atoms with Gasteiger partial charge in [0.15, 0.2) is 0 Å².